The number of hydrogen-bond donors (Lipinski definition) is 2. The number of benzene rings is 1. The van der Waals surface area contributed by atoms with E-state index in [1.54, 1.807) is 11.9 Å². The number of phenols is 2. The second-order valence-electron chi connectivity index (χ2n) is 4.23. The quantitative estimate of drug-likeness (QED) is 0.759. The molecule has 1 rings (SSSR count). The van der Waals surface area contributed by atoms with E-state index in [2.05, 4.69) is 0 Å². The molecule has 2 N–H and O–H groups in total. The fourth-order valence-electron chi connectivity index (χ4n) is 1.33. The summed E-state index contributed by atoms with van der Waals surface area (Å²) in [5.41, 5.74) is 0.363. The van der Waals surface area contributed by atoms with Crippen molar-refractivity contribution in [2.24, 2.45) is 0 Å². The average Bonchev–Trinajstić information content (AvgIpc) is 2.28. The van der Waals surface area contributed by atoms with Crippen LogP contribution in [-0.2, 0) is 0 Å². The van der Waals surface area contributed by atoms with Crippen LogP contribution in [0.25, 0.3) is 0 Å². The number of carbonyl (C=O) groups excluding carboxylic acids is 1. The molecule has 0 aliphatic heterocycles. The second-order valence-corrected chi connectivity index (χ2v) is 4.23. The Morgan fingerprint density at radius 3 is 2.29 bits per heavy atom. The minimum atomic E-state index is -0.281. The third kappa shape index (κ3) is 3.64. The third-order valence-corrected chi connectivity index (χ3v) is 2.45. The van der Waals surface area contributed by atoms with Crippen LogP contribution in [-0.4, -0.2) is 60.2 Å². The molecular formula is C12H18N2O3. The summed E-state index contributed by atoms with van der Waals surface area (Å²) in [4.78, 5) is 15.5. The topological polar surface area (TPSA) is 64.0 Å². The molecule has 0 bridgehead atoms. The van der Waals surface area contributed by atoms with Gasteiger partial charge < -0.3 is 20.0 Å². The molecule has 1 amide bonds. The predicted octanol–water partition coefficient (Wildman–Crippen LogP) is 0.731. The number of likely N-dealkylation sites (N-methyl/N-ethyl adjacent to an activating group) is 2. The molecular weight excluding hydrogens is 220 g/mol. The molecule has 0 fully saturated rings. The summed E-state index contributed by atoms with van der Waals surface area (Å²) < 4.78 is 0. The third-order valence-electron chi connectivity index (χ3n) is 2.45. The second kappa shape index (κ2) is 5.54. The maximum Gasteiger partial charge on any atom is 0.253 e. The van der Waals surface area contributed by atoms with Crippen molar-refractivity contribution in [3.8, 4) is 11.5 Å². The van der Waals surface area contributed by atoms with E-state index in [0.717, 1.165) is 6.54 Å². The van der Waals surface area contributed by atoms with Gasteiger partial charge in [0.2, 0.25) is 0 Å². The molecule has 1 aromatic carbocycles. The Kier molecular flexibility index (Phi) is 4.34. The number of rotatable bonds is 4. The van der Waals surface area contributed by atoms with Gasteiger partial charge in [0, 0.05) is 25.7 Å². The summed E-state index contributed by atoms with van der Waals surface area (Å²) in [5, 5.41) is 18.5. The highest BCUT2D eigenvalue weighted by Gasteiger charge is 2.13. The summed E-state index contributed by atoms with van der Waals surface area (Å²) in [6, 6.07) is 4.07. The normalized spacial score (nSPS) is 10.6. The van der Waals surface area contributed by atoms with Gasteiger partial charge in [0.25, 0.3) is 5.91 Å². The predicted molar refractivity (Wildman–Crippen MR) is 65.3 cm³/mol. The lowest BCUT2D eigenvalue weighted by atomic mass is 10.2. The Bertz CT molecular complexity index is 405. The fourth-order valence-corrected chi connectivity index (χ4v) is 1.33. The molecule has 5 nitrogen and oxygen atoms in total. The van der Waals surface area contributed by atoms with E-state index in [0.29, 0.717) is 12.1 Å². The summed E-state index contributed by atoms with van der Waals surface area (Å²) >= 11 is 0. The van der Waals surface area contributed by atoms with Gasteiger partial charge in [0.05, 0.1) is 0 Å². The maximum atomic E-state index is 11.9. The van der Waals surface area contributed by atoms with Crippen LogP contribution in [0, 0.1) is 0 Å². The molecule has 0 heterocycles. The summed E-state index contributed by atoms with van der Waals surface area (Å²) in [5.74, 6) is -0.684. The summed E-state index contributed by atoms with van der Waals surface area (Å²) in [6.45, 7) is 1.37. The highest BCUT2D eigenvalue weighted by molar-refractivity contribution is 5.94. The van der Waals surface area contributed by atoms with Crippen LogP contribution in [0.3, 0.4) is 0 Å². The molecule has 5 heteroatoms. The number of carbonyl (C=O) groups is 1. The van der Waals surface area contributed by atoms with Gasteiger partial charge in [-0.25, -0.2) is 0 Å². The first-order valence-electron chi connectivity index (χ1n) is 5.34. The van der Waals surface area contributed by atoms with Crippen molar-refractivity contribution in [2.75, 3.05) is 34.2 Å². The van der Waals surface area contributed by atoms with Crippen molar-refractivity contribution in [1.29, 1.82) is 0 Å². The largest absolute Gasteiger partial charge is 0.504 e. The monoisotopic (exact) mass is 238 g/mol. The molecule has 0 aromatic heterocycles. The minimum absolute atomic E-state index is 0.179. The Balaban J connectivity index is 2.71. The first-order chi connectivity index (χ1) is 7.91. The molecule has 0 aliphatic carbocycles. The van der Waals surface area contributed by atoms with Gasteiger partial charge in [0.15, 0.2) is 11.5 Å². The number of amides is 1. The van der Waals surface area contributed by atoms with E-state index in [1.807, 2.05) is 19.0 Å². The molecule has 0 unspecified atom stereocenters. The van der Waals surface area contributed by atoms with E-state index in [9.17, 15) is 9.90 Å². The average molecular weight is 238 g/mol. The Labute approximate surface area is 101 Å². The molecule has 0 radical (unpaired) electrons. The van der Waals surface area contributed by atoms with Gasteiger partial charge in [-0.3, -0.25) is 4.79 Å². The summed E-state index contributed by atoms with van der Waals surface area (Å²) in [6.07, 6.45) is 0. The zero-order chi connectivity index (χ0) is 13.0. The van der Waals surface area contributed by atoms with Crippen molar-refractivity contribution >= 4 is 5.91 Å². The Morgan fingerprint density at radius 1 is 1.12 bits per heavy atom. The van der Waals surface area contributed by atoms with Crippen molar-refractivity contribution in [3.63, 3.8) is 0 Å². The molecule has 0 spiro atoms. The van der Waals surface area contributed by atoms with E-state index in [-0.39, 0.29) is 17.4 Å². The molecule has 94 valence electrons. The smallest absolute Gasteiger partial charge is 0.253 e. The Hall–Kier alpha value is -1.75. The van der Waals surface area contributed by atoms with Crippen LogP contribution in [0.4, 0.5) is 0 Å². The van der Waals surface area contributed by atoms with Gasteiger partial charge in [0.1, 0.15) is 0 Å². The number of nitrogens with zero attached hydrogens (tertiary/aromatic N) is 2. The highest BCUT2D eigenvalue weighted by atomic mass is 16.3. The van der Waals surface area contributed by atoms with E-state index >= 15 is 0 Å². The number of hydrogen-bond acceptors (Lipinski definition) is 4. The van der Waals surface area contributed by atoms with Crippen LogP contribution in [0.15, 0.2) is 18.2 Å². The van der Waals surface area contributed by atoms with Crippen LogP contribution < -0.4 is 0 Å². The van der Waals surface area contributed by atoms with E-state index in [4.69, 9.17) is 5.11 Å². The molecule has 17 heavy (non-hydrogen) atoms. The lowest BCUT2D eigenvalue weighted by molar-refractivity contribution is 0.0786. The zero-order valence-electron chi connectivity index (χ0n) is 10.3. The maximum absolute atomic E-state index is 11.9. The molecule has 1 aromatic rings. The van der Waals surface area contributed by atoms with E-state index in [1.165, 1.54) is 18.2 Å². The van der Waals surface area contributed by atoms with Crippen LogP contribution in [0.5, 0.6) is 11.5 Å². The number of phenolic OH excluding ortho intramolecular Hbond substituents is 2. The molecule has 0 saturated carbocycles. The van der Waals surface area contributed by atoms with Crippen molar-refractivity contribution in [3.05, 3.63) is 23.8 Å². The molecule has 0 saturated heterocycles. The molecule has 0 atom stereocenters. The van der Waals surface area contributed by atoms with Gasteiger partial charge in [-0.1, -0.05) is 0 Å². The Morgan fingerprint density at radius 2 is 1.76 bits per heavy atom. The lowest BCUT2D eigenvalue weighted by Gasteiger charge is -2.19. The zero-order valence-corrected chi connectivity index (χ0v) is 10.3. The fraction of sp³-hybridized carbons (Fsp3) is 0.417. The van der Waals surface area contributed by atoms with Crippen molar-refractivity contribution < 1.29 is 15.0 Å². The number of aromatic hydroxyl groups is 2. The van der Waals surface area contributed by atoms with E-state index < -0.39 is 0 Å². The standard InChI is InChI=1S/C12H18N2O3/c1-13(2)6-7-14(3)12(17)9-4-5-10(15)11(16)8-9/h4-5,8,15-16H,6-7H2,1-3H3. The van der Waals surface area contributed by atoms with Gasteiger partial charge in [-0.15, -0.1) is 0 Å². The van der Waals surface area contributed by atoms with Gasteiger partial charge in [-0.05, 0) is 32.3 Å². The highest BCUT2D eigenvalue weighted by Crippen LogP contribution is 2.25. The van der Waals surface area contributed by atoms with Gasteiger partial charge in [-0.2, -0.15) is 0 Å². The van der Waals surface area contributed by atoms with Crippen LogP contribution >= 0.6 is 0 Å². The lowest BCUT2D eigenvalue weighted by Crippen LogP contribution is -2.33. The van der Waals surface area contributed by atoms with Gasteiger partial charge >= 0.3 is 0 Å². The molecule has 0 aliphatic rings. The minimum Gasteiger partial charge on any atom is -0.504 e. The van der Waals surface area contributed by atoms with Crippen LogP contribution in [0.2, 0.25) is 0 Å². The first kappa shape index (κ1) is 13.3. The van der Waals surface area contributed by atoms with Crippen molar-refractivity contribution in [1.82, 2.24) is 9.80 Å². The first-order valence-corrected chi connectivity index (χ1v) is 5.34. The van der Waals surface area contributed by atoms with Crippen molar-refractivity contribution in [2.45, 2.75) is 0 Å². The van der Waals surface area contributed by atoms with Crippen LogP contribution in [0.1, 0.15) is 10.4 Å². The summed E-state index contributed by atoms with van der Waals surface area (Å²) in [7, 11) is 5.57. The SMILES string of the molecule is CN(C)CCN(C)C(=O)c1ccc(O)c(O)c1.